The molecule has 1 aromatic heterocycles. The van der Waals surface area contributed by atoms with Gasteiger partial charge in [-0.2, -0.15) is 0 Å². The Morgan fingerprint density at radius 3 is 2.90 bits per heavy atom. The van der Waals surface area contributed by atoms with Crippen molar-refractivity contribution in [2.75, 3.05) is 6.54 Å². The predicted octanol–water partition coefficient (Wildman–Crippen LogP) is 2.66. The van der Waals surface area contributed by atoms with Crippen LogP contribution in [0.2, 0.25) is 5.02 Å². The lowest BCUT2D eigenvalue weighted by molar-refractivity contribution is -0.0147. The largest absolute Gasteiger partial charge is 0.527 e. The zero-order valence-corrected chi connectivity index (χ0v) is 17.2. The Kier molecular flexibility index (Phi) is 6.67. The van der Waals surface area contributed by atoms with Crippen LogP contribution in [0.25, 0.3) is 10.4 Å². The zero-order valence-electron chi connectivity index (χ0n) is 15.5. The van der Waals surface area contributed by atoms with E-state index in [4.69, 9.17) is 30.9 Å². The maximum Gasteiger partial charge on any atom is 0.527 e. The summed E-state index contributed by atoms with van der Waals surface area (Å²) in [5.41, 5.74) is 7.59. The third-order valence-corrected chi connectivity index (χ3v) is 5.56. The van der Waals surface area contributed by atoms with Crippen molar-refractivity contribution in [2.45, 2.75) is 31.8 Å². The molecule has 0 bridgehead atoms. The van der Waals surface area contributed by atoms with Crippen molar-refractivity contribution in [3.05, 3.63) is 72.3 Å². The number of nitrogens with zero attached hydrogens (tertiary/aromatic N) is 4. The van der Waals surface area contributed by atoms with Gasteiger partial charge in [-0.1, -0.05) is 28.8 Å². The monoisotopic (exact) mass is 457 g/mol. The van der Waals surface area contributed by atoms with Crippen LogP contribution in [0.15, 0.2) is 45.2 Å². The number of rotatable bonds is 7. The number of para-hydroxylation sites is 1. The lowest BCUT2D eigenvalue weighted by Crippen LogP contribution is -2.33. The Hall–Kier alpha value is -2.59. The van der Waals surface area contributed by atoms with Gasteiger partial charge in [-0.25, -0.2) is 9.36 Å². The van der Waals surface area contributed by atoms with Crippen molar-refractivity contribution in [1.82, 2.24) is 9.55 Å². The highest BCUT2D eigenvalue weighted by Gasteiger charge is 2.42. The normalized spacial score (nSPS) is 22.8. The van der Waals surface area contributed by atoms with E-state index in [2.05, 4.69) is 15.0 Å². The molecular weight excluding hydrogens is 441 g/mol. The van der Waals surface area contributed by atoms with Crippen LogP contribution in [-0.4, -0.2) is 33.2 Å². The number of aromatic nitrogens is 2. The van der Waals surface area contributed by atoms with Crippen LogP contribution in [0.5, 0.6) is 5.75 Å². The fraction of sp³-hybridized carbons (Fsp3) is 0.375. The van der Waals surface area contributed by atoms with Gasteiger partial charge < -0.3 is 9.26 Å². The molecule has 1 aliphatic rings. The van der Waals surface area contributed by atoms with Gasteiger partial charge in [0.05, 0.1) is 17.7 Å². The summed E-state index contributed by atoms with van der Waals surface area (Å²) in [7, 11) is -4.65. The first-order chi connectivity index (χ1) is 14.2. The van der Waals surface area contributed by atoms with Crippen LogP contribution >= 0.6 is 19.4 Å². The molecule has 2 aromatic rings. The predicted molar refractivity (Wildman–Crippen MR) is 105 cm³/mol. The van der Waals surface area contributed by atoms with Gasteiger partial charge in [0.1, 0.15) is 18.1 Å². The molecule has 0 spiro atoms. The number of phosphoric ester groups is 1. The quantitative estimate of drug-likeness (QED) is 0.278. The first-order valence-corrected chi connectivity index (χ1v) is 10.5. The van der Waals surface area contributed by atoms with Crippen molar-refractivity contribution in [3.63, 3.8) is 0 Å². The summed E-state index contributed by atoms with van der Waals surface area (Å²) < 4.78 is 29.6. The van der Waals surface area contributed by atoms with E-state index in [0.29, 0.717) is 0 Å². The molecular formula is C16H17ClN5O7P. The number of benzene rings is 1. The van der Waals surface area contributed by atoms with Gasteiger partial charge in [-0.3, -0.25) is 23.8 Å². The lowest BCUT2D eigenvalue weighted by Gasteiger charge is -2.20. The average Bonchev–Trinajstić information content (AvgIpc) is 3.06. The molecule has 160 valence electrons. The number of aromatic amines is 1. The van der Waals surface area contributed by atoms with Gasteiger partial charge in [0.15, 0.2) is 0 Å². The van der Waals surface area contributed by atoms with Gasteiger partial charge in [-0.15, -0.1) is 0 Å². The molecule has 0 saturated carbocycles. The van der Waals surface area contributed by atoms with Crippen molar-refractivity contribution >= 4 is 19.4 Å². The topological polar surface area (TPSA) is 169 Å². The smallest absolute Gasteiger partial charge is 0.403 e. The van der Waals surface area contributed by atoms with E-state index in [1.165, 1.54) is 25.3 Å². The van der Waals surface area contributed by atoms with Crippen LogP contribution < -0.4 is 15.8 Å². The zero-order chi connectivity index (χ0) is 21.9. The third kappa shape index (κ3) is 5.11. The van der Waals surface area contributed by atoms with Crippen LogP contribution in [0.4, 0.5) is 0 Å². The molecule has 1 unspecified atom stereocenters. The van der Waals surface area contributed by atoms with Gasteiger partial charge in [-0.05, 0) is 24.6 Å². The third-order valence-electron chi connectivity index (χ3n) is 4.28. The maximum atomic E-state index is 12.5. The second-order valence-corrected chi connectivity index (χ2v) is 8.13. The molecule has 14 heteroatoms. The molecule has 12 nitrogen and oxygen atoms in total. The van der Waals surface area contributed by atoms with Crippen LogP contribution in [0.3, 0.4) is 0 Å². The van der Waals surface area contributed by atoms with E-state index in [-0.39, 0.29) is 29.3 Å². The van der Waals surface area contributed by atoms with Crippen molar-refractivity contribution < 1.29 is 23.2 Å². The number of aryl methyl sites for hydroxylation is 1. The first kappa shape index (κ1) is 22.1. The molecule has 3 rings (SSSR count). The van der Waals surface area contributed by atoms with Crippen molar-refractivity contribution in [1.29, 1.82) is 0 Å². The molecule has 4 atom stereocenters. The highest BCUT2D eigenvalue weighted by Crippen LogP contribution is 2.49. The Balaban J connectivity index is 1.83. The number of H-pyrrole nitrogens is 1. The second-order valence-electron chi connectivity index (χ2n) is 6.39. The number of ether oxygens (including phenoxy) is 1. The van der Waals surface area contributed by atoms with Crippen molar-refractivity contribution in [3.8, 4) is 5.75 Å². The second kappa shape index (κ2) is 9.05. The Morgan fingerprint density at radius 2 is 2.20 bits per heavy atom. The molecule has 0 aliphatic carbocycles. The van der Waals surface area contributed by atoms with Crippen LogP contribution in [0, 0.1) is 6.92 Å². The number of halogens is 1. The van der Waals surface area contributed by atoms with Gasteiger partial charge >= 0.3 is 13.5 Å². The fourth-order valence-electron chi connectivity index (χ4n) is 2.90. The fourth-order valence-corrected chi connectivity index (χ4v) is 4.14. The first-order valence-electron chi connectivity index (χ1n) is 8.64. The standard InChI is InChI=1S/C16H17ClN5O7P/c1-9-8-22(16(24)20-15(9)23)14-6-12(13(27-14)7-19-21-18)29-30(25,26)28-11-5-3-2-4-10(11)17/h2-5,8,12-14H,6-7H2,1H3,(H,25,26)(H,20,23,24)/t12-,13-,14-/m1/s1. The SMILES string of the molecule is Cc1cn([C@H]2C[C@@H](OP(=O)(O)Oc3ccccc3Cl)[C@@H](CN=[N+]=[N-])O2)c(=O)[nH]c1=O. The minimum absolute atomic E-state index is 0.0482. The van der Waals surface area contributed by atoms with Gasteiger partial charge in [0.2, 0.25) is 0 Å². The molecule has 1 aromatic carbocycles. The summed E-state index contributed by atoms with van der Waals surface area (Å²) in [4.78, 5) is 38.7. The summed E-state index contributed by atoms with van der Waals surface area (Å²) in [6.45, 7) is 1.29. The van der Waals surface area contributed by atoms with E-state index in [1.54, 1.807) is 12.1 Å². The number of azide groups is 1. The van der Waals surface area contributed by atoms with Crippen LogP contribution in [-0.2, 0) is 13.8 Å². The highest BCUT2D eigenvalue weighted by atomic mass is 35.5. The molecule has 0 amide bonds. The Morgan fingerprint density at radius 1 is 1.47 bits per heavy atom. The van der Waals surface area contributed by atoms with E-state index >= 15 is 0 Å². The minimum atomic E-state index is -4.65. The number of hydrogen-bond donors (Lipinski definition) is 2. The molecule has 1 saturated heterocycles. The molecule has 2 heterocycles. The highest BCUT2D eigenvalue weighted by molar-refractivity contribution is 7.47. The maximum absolute atomic E-state index is 12.5. The Bertz CT molecular complexity index is 1150. The van der Waals surface area contributed by atoms with E-state index in [9.17, 15) is 19.0 Å². The molecule has 1 aliphatic heterocycles. The van der Waals surface area contributed by atoms with Crippen LogP contribution in [0.1, 0.15) is 18.2 Å². The van der Waals surface area contributed by atoms with Gasteiger partial charge in [0.25, 0.3) is 5.56 Å². The summed E-state index contributed by atoms with van der Waals surface area (Å²) >= 11 is 5.93. The number of hydrogen-bond acceptors (Lipinski definition) is 7. The number of phosphoric acid groups is 1. The summed E-state index contributed by atoms with van der Waals surface area (Å²) in [5, 5.41) is 3.52. The molecule has 30 heavy (non-hydrogen) atoms. The minimum Gasteiger partial charge on any atom is -0.403 e. The summed E-state index contributed by atoms with van der Waals surface area (Å²) in [6.07, 6.45) is -1.68. The number of nitrogens with one attached hydrogen (secondary N) is 1. The molecule has 1 fully saturated rings. The molecule has 0 radical (unpaired) electrons. The lowest BCUT2D eigenvalue weighted by atomic mass is 10.2. The summed E-state index contributed by atoms with van der Waals surface area (Å²) in [5.74, 6) is -0.0560. The van der Waals surface area contributed by atoms with E-state index < -0.39 is 37.5 Å². The average molecular weight is 458 g/mol. The van der Waals surface area contributed by atoms with E-state index in [0.717, 1.165) is 4.57 Å². The Labute approximate surface area is 174 Å². The molecule has 2 N–H and O–H groups in total. The van der Waals surface area contributed by atoms with Gasteiger partial charge in [0, 0.05) is 23.1 Å². The van der Waals surface area contributed by atoms with Crippen molar-refractivity contribution in [2.24, 2.45) is 5.11 Å². The summed E-state index contributed by atoms with van der Waals surface area (Å²) in [6, 6.07) is 6.04. The van der Waals surface area contributed by atoms with E-state index in [1.807, 2.05) is 0 Å².